The number of hydrogen-bond acceptors (Lipinski definition) is 18. The van der Waals surface area contributed by atoms with Crippen molar-refractivity contribution in [3.05, 3.63) is 85.1 Å². The number of aliphatic hydroxyl groups is 11. The fourth-order valence-electron chi connectivity index (χ4n) is 11.3. The Kier molecular flexibility index (Phi) is 47.2. The highest BCUT2D eigenvalue weighted by atomic mass is 16.8. The van der Waals surface area contributed by atoms with E-state index in [0.717, 1.165) is 70.6 Å². The SMILES string of the molecule is CC/C=C\C/C=C\C/C=C\C/C=C\C/C=C\CCCCCC(=O)NC(COC1OC(CO)C(OC2OC(CO)C(OC3OC(CO)C(O)C(O)C3O)C(O)C2O)C(O)C1O)C(O)/C=C/CC/C=C/CCCCCCCCCCCCCCCCCCCCCC. The second-order valence-electron chi connectivity index (χ2n) is 24.6. The smallest absolute Gasteiger partial charge is 0.220 e. The Morgan fingerprint density at radius 2 is 0.778 bits per heavy atom. The third-order valence-electron chi connectivity index (χ3n) is 16.9. The van der Waals surface area contributed by atoms with Gasteiger partial charge < -0.3 is 89.9 Å². The Morgan fingerprint density at radius 1 is 0.411 bits per heavy atom. The van der Waals surface area contributed by atoms with Crippen molar-refractivity contribution in [3.8, 4) is 0 Å². The molecule has 12 N–H and O–H groups in total. The topological polar surface area (TPSA) is 307 Å². The largest absolute Gasteiger partial charge is 0.394 e. The summed E-state index contributed by atoms with van der Waals surface area (Å²) in [5.74, 6) is -0.319. The summed E-state index contributed by atoms with van der Waals surface area (Å²) in [5.41, 5.74) is 0. The maximum atomic E-state index is 13.4. The van der Waals surface area contributed by atoms with Crippen LogP contribution in [0.2, 0.25) is 0 Å². The Bertz CT molecular complexity index is 1960. The van der Waals surface area contributed by atoms with Gasteiger partial charge in [0.2, 0.25) is 5.91 Å². The molecule has 90 heavy (non-hydrogen) atoms. The molecule has 0 aliphatic carbocycles. The molecule has 3 heterocycles. The standard InChI is InChI=1S/C71H123NO18/c1-3-5-7-9-11-13-15-17-19-21-23-24-25-26-27-28-29-31-32-34-36-38-40-42-44-46-48-55(76)54(72-59(77)49-47-45-43-41-39-37-35-33-30-22-20-18-16-14-12-10-8-6-4-2)53-85-69-65(83)62(80)67(57(51-74)87-69)90-71-66(84)63(81)68(58(52-75)88-71)89-70-64(82)61(79)60(78)56(50-73)86-70/h6,8,12,14,18,20,30,33,37-40,46,48,54-58,60-71,73-76,78-84H,3-5,7,9-11,13,15-17,19,21-29,31-32,34-36,41-45,47,49-53H2,1-2H3,(H,72,77)/b8-6-,14-12-,20-18-,33-30-,39-37-,40-38+,48-46+. The van der Waals surface area contributed by atoms with Crippen LogP contribution >= 0.6 is 0 Å². The number of carbonyl (C=O) groups excluding carboxylic acids is 1. The van der Waals surface area contributed by atoms with Crippen LogP contribution in [-0.4, -0.2) is 193 Å². The van der Waals surface area contributed by atoms with E-state index in [1.807, 2.05) is 6.08 Å². The molecule has 0 aromatic carbocycles. The van der Waals surface area contributed by atoms with Crippen LogP contribution in [0.15, 0.2) is 85.1 Å². The van der Waals surface area contributed by atoms with Gasteiger partial charge in [0.05, 0.1) is 38.6 Å². The van der Waals surface area contributed by atoms with Crippen molar-refractivity contribution in [2.24, 2.45) is 0 Å². The van der Waals surface area contributed by atoms with Crippen LogP contribution in [0.25, 0.3) is 0 Å². The number of rotatable bonds is 52. The zero-order valence-electron chi connectivity index (χ0n) is 54.8. The van der Waals surface area contributed by atoms with Crippen molar-refractivity contribution < 1.29 is 89.4 Å². The summed E-state index contributed by atoms with van der Waals surface area (Å²) in [7, 11) is 0. The molecule has 17 unspecified atom stereocenters. The second-order valence-corrected chi connectivity index (χ2v) is 24.6. The minimum atomic E-state index is -1.99. The van der Waals surface area contributed by atoms with E-state index in [2.05, 4.69) is 92.1 Å². The number of amides is 1. The van der Waals surface area contributed by atoms with Gasteiger partial charge in [0.15, 0.2) is 18.9 Å². The average molecular weight is 1280 g/mol. The highest BCUT2D eigenvalue weighted by Gasteiger charge is 2.53. The van der Waals surface area contributed by atoms with Crippen LogP contribution < -0.4 is 5.32 Å². The number of ether oxygens (including phenoxy) is 6. The predicted octanol–water partition coefficient (Wildman–Crippen LogP) is 9.10. The third-order valence-corrected chi connectivity index (χ3v) is 16.9. The van der Waals surface area contributed by atoms with Crippen molar-refractivity contribution >= 4 is 5.91 Å². The van der Waals surface area contributed by atoms with Crippen molar-refractivity contribution in [1.82, 2.24) is 5.32 Å². The number of nitrogens with one attached hydrogen (secondary N) is 1. The lowest BCUT2D eigenvalue weighted by molar-refractivity contribution is -0.379. The molecule has 0 bridgehead atoms. The highest BCUT2D eigenvalue weighted by Crippen LogP contribution is 2.33. The van der Waals surface area contributed by atoms with Crippen molar-refractivity contribution in [1.29, 1.82) is 0 Å². The van der Waals surface area contributed by atoms with Gasteiger partial charge in [0, 0.05) is 6.42 Å². The van der Waals surface area contributed by atoms with Gasteiger partial charge in [-0.3, -0.25) is 4.79 Å². The molecule has 3 aliphatic rings. The molecule has 19 nitrogen and oxygen atoms in total. The van der Waals surface area contributed by atoms with Crippen LogP contribution in [-0.2, 0) is 33.2 Å². The van der Waals surface area contributed by atoms with Crippen LogP contribution in [0.1, 0.15) is 226 Å². The van der Waals surface area contributed by atoms with Gasteiger partial charge >= 0.3 is 0 Å². The van der Waals surface area contributed by atoms with E-state index in [1.54, 1.807) is 6.08 Å². The van der Waals surface area contributed by atoms with Gasteiger partial charge in [-0.25, -0.2) is 0 Å². The quantitative estimate of drug-likeness (QED) is 0.0200. The summed E-state index contributed by atoms with van der Waals surface area (Å²) in [6.07, 6.45) is 40.0. The molecule has 0 radical (unpaired) electrons. The van der Waals surface area contributed by atoms with E-state index >= 15 is 0 Å². The number of unbranched alkanes of at least 4 members (excludes halogenated alkanes) is 24. The van der Waals surface area contributed by atoms with E-state index in [-0.39, 0.29) is 18.9 Å². The Labute approximate surface area is 540 Å². The van der Waals surface area contributed by atoms with Crippen LogP contribution in [0.5, 0.6) is 0 Å². The molecule has 1 amide bonds. The van der Waals surface area contributed by atoms with Gasteiger partial charge in [-0.2, -0.15) is 0 Å². The van der Waals surface area contributed by atoms with E-state index in [1.165, 1.54) is 122 Å². The van der Waals surface area contributed by atoms with E-state index < -0.39 is 124 Å². The molecule has 0 spiro atoms. The molecule has 0 aromatic heterocycles. The summed E-state index contributed by atoms with van der Waals surface area (Å²) in [6, 6.07) is -1.01. The second kappa shape index (κ2) is 52.3. The number of carbonyl (C=O) groups is 1. The van der Waals surface area contributed by atoms with Gasteiger partial charge in [-0.05, 0) is 77.0 Å². The molecule has 3 fully saturated rings. The first kappa shape index (κ1) is 81.2. The van der Waals surface area contributed by atoms with Gasteiger partial charge in [-0.1, -0.05) is 227 Å². The van der Waals surface area contributed by atoms with E-state index in [4.69, 9.17) is 28.4 Å². The van der Waals surface area contributed by atoms with E-state index in [9.17, 15) is 61.0 Å². The van der Waals surface area contributed by atoms with Crippen molar-refractivity contribution in [2.45, 2.75) is 330 Å². The number of aliphatic hydroxyl groups excluding tert-OH is 11. The zero-order chi connectivity index (χ0) is 65.4. The Hall–Kier alpha value is -3.03. The van der Waals surface area contributed by atoms with Gasteiger partial charge in [0.1, 0.15) is 73.2 Å². The first-order chi connectivity index (χ1) is 43.8. The summed E-state index contributed by atoms with van der Waals surface area (Å²) in [6.45, 7) is 1.57. The third kappa shape index (κ3) is 33.9. The van der Waals surface area contributed by atoms with Crippen molar-refractivity contribution in [2.75, 3.05) is 26.4 Å². The van der Waals surface area contributed by atoms with Crippen molar-refractivity contribution in [3.63, 3.8) is 0 Å². The molecule has 520 valence electrons. The number of hydrogen-bond donors (Lipinski definition) is 12. The Balaban J connectivity index is 1.46. The lowest BCUT2D eigenvalue weighted by Crippen LogP contribution is -2.66. The monoisotopic (exact) mass is 1280 g/mol. The minimum absolute atomic E-state index is 0.192. The zero-order valence-corrected chi connectivity index (χ0v) is 54.8. The molecular weight excluding hydrogens is 1150 g/mol. The fourth-order valence-corrected chi connectivity index (χ4v) is 11.3. The summed E-state index contributed by atoms with van der Waals surface area (Å²) in [4.78, 5) is 13.4. The van der Waals surface area contributed by atoms with Crippen LogP contribution in [0.3, 0.4) is 0 Å². The summed E-state index contributed by atoms with van der Waals surface area (Å²) >= 11 is 0. The lowest BCUT2D eigenvalue weighted by atomic mass is 9.96. The molecule has 19 heteroatoms. The normalized spacial score (nSPS) is 28.6. The highest BCUT2D eigenvalue weighted by molar-refractivity contribution is 5.76. The molecule has 0 saturated carbocycles. The molecule has 17 atom stereocenters. The predicted molar refractivity (Wildman–Crippen MR) is 351 cm³/mol. The van der Waals surface area contributed by atoms with Gasteiger partial charge in [-0.15, -0.1) is 0 Å². The molecule has 3 saturated heterocycles. The maximum Gasteiger partial charge on any atom is 0.220 e. The molecular formula is C71H123NO18. The van der Waals surface area contributed by atoms with Gasteiger partial charge in [0.25, 0.3) is 0 Å². The van der Waals surface area contributed by atoms with Crippen LogP contribution in [0, 0.1) is 0 Å². The number of allylic oxidation sites excluding steroid dienone is 13. The maximum absolute atomic E-state index is 13.4. The lowest BCUT2D eigenvalue weighted by Gasteiger charge is -2.48. The first-order valence-electron chi connectivity index (χ1n) is 34.8. The first-order valence-corrected chi connectivity index (χ1v) is 34.8. The Morgan fingerprint density at radius 3 is 1.24 bits per heavy atom. The molecule has 3 aliphatic heterocycles. The summed E-state index contributed by atoms with van der Waals surface area (Å²) < 4.78 is 34.3. The van der Waals surface area contributed by atoms with Crippen LogP contribution in [0.4, 0.5) is 0 Å². The average Bonchev–Trinajstić information content (AvgIpc) is 0.846. The minimum Gasteiger partial charge on any atom is -0.394 e. The molecule has 3 rings (SSSR count). The van der Waals surface area contributed by atoms with E-state index in [0.29, 0.717) is 12.8 Å². The molecule has 0 aromatic rings. The summed E-state index contributed by atoms with van der Waals surface area (Å²) in [5, 5.41) is 120. The fraction of sp³-hybridized carbons (Fsp3) is 0.789.